The lowest BCUT2D eigenvalue weighted by Gasteiger charge is -2.33. The van der Waals surface area contributed by atoms with Gasteiger partial charge in [-0.25, -0.2) is 0 Å². The Labute approximate surface area is 223 Å². The van der Waals surface area contributed by atoms with Crippen LogP contribution in [-0.4, -0.2) is 71.1 Å². The quantitative estimate of drug-likeness (QED) is 0.380. The Hall–Kier alpha value is -3.86. The lowest BCUT2D eigenvalue weighted by molar-refractivity contribution is -0.156. The molecule has 14 heteroatoms. The Morgan fingerprint density at radius 2 is 2.05 bits per heavy atom. The highest BCUT2D eigenvalue weighted by Gasteiger charge is 2.41. The van der Waals surface area contributed by atoms with E-state index in [4.69, 9.17) is 25.6 Å². The zero-order chi connectivity index (χ0) is 28.0. The van der Waals surface area contributed by atoms with Gasteiger partial charge in [0.15, 0.2) is 5.75 Å². The second-order valence-corrected chi connectivity index (χ2v) is 9.67. The summed E-state index contributed by atoms with van der Waals surface area (Å²) in [6, 6.07) is 2.76. The molecule has 2 unspecified atom stereocenters. The van der Waals surface area contributed by atoms with Crippen molar-refractivity contribution in [3.63, 3.8) is 0 Å². The molecular weight excluding hydrogens is 519 g/mol. The number of anilines is 2. The number of nitrogens with one attached hydrogen (secondary N) is 1. The van der Waals surface area contributed by atoms with Crippen molar-refractivity contribution >= 4 is 17.4 Å². The van der Waals surface area contributed by atoms with Gasteiger partial charge >= 0.3 is 12.2 Å². The zero-order valence-corrected chi connectivity index (χ0v) is 21.1. The molecule has 3 heterocycles. The first kappa shape index (κ1) is 28.2. The minimum atomic E-state index is -4.74. The van der Waals surface area contributed by atoms with Gasteiger partial charge in [-0.1, -0.05) is 0 Å². The fourth-order valence-corrected chi connectivity index (χ4v) is 4.25. The van der Waals surface area contributed by atoms with Gasteiger partial charge in [-0.2, -0.15) is 28.4 Å². The summed E-state index contributed by atoms with van der Waals surface area (Å²) in [6.45, 7) is 0.975. The van der Waals surface area contributed by atoms with Crippen LogP contribution in [0.1, 0.15) is 36.2 Å². The second kappa shape index (κ2) is 12.3. The van der Waals surface area contributed by atoms with Crippen LogP contribution in [0.2, 0.25) is 0 Å². The predicted molar refractivity (Wildman–Crippen MR) is 133 cm³/mol. The zero-order valence-electron chi connectivity index (χ0n) is 21.1. The number of aromatic nitrogens is 3. The molecule has 0 bridgehead atoms. The number of piperidine rings is 1. The maximum atomic E-state index is 13.3. The van der Waals surface area contributed by atoms with E-state index in [-0.39, 0.29) is 36.1 Å². The predicted octanol–water partition coefficient (Wildman–Crippen LogP) is 2.33. The number of carbonyl (C=O) groups is 1. The van der Waals surface area contributed by atoms with Gasteiger partial charge in [0.1, 0.15) is 17.6 Å². The minimum absolute atomic E-state index is 0.0169. The summed E-state index contributed by atoms with van der Waals surface area (Å²) in [4.78, 5) is 27.1. The van der Waals surface area contributed by atoms with Gasteiger partial charge < -0.3 is 30.5 Å². The molecule has 1 aliphatic carbocycles. The number of pyridine rings is 1. The first-order valence-corrected chi connectivity index (χ1v) is 12.6. The number of nitrogen functional groups attached to an aromatic ring is 1. The number of carbonyl (C=O) groups excluding carboxylic acids is 1. The first-order valence-electron chi connectivity index (χ1n) is 12.6. The summed E-state index contributed by atoms with van der Waals surface area (Å²) in [6.07, 6.45) is -0.134. The number of hydrogen-bond donors (Lipinski definition) is 3. The number of aliphatic hydroxyl groups is 1. The second-order valence-electron chi connectivity index (χ2n) is 9.67. The van der Waals surface area contributed by atoms with Gasteiger partial charge in [0.05, 0.1) is 37.1 Å². The molecule has 2 fully saturated rings. The van der Waals surface area contributed by atoms with Gasteiger partial charge in [-0.15, -0.1) is 0 Å². The Kier molecular flexibility index (Phi) is 8.90. The van der Waals surface area contributed by atoms with Gasteiger partial charge in [0, 0.05) is 37.9 Å². The van der Waals surface area contributed by atoms with Crippen molar-refractivity contribution in [2.24, 2.45) is 17.8 Å². The van der Waals surface area contributed by atoms with Crippen molar-refractivity contribution in [3.8, 4) is 17.8 Å². The van der Waals surface area contributed by atoms with E-state index in [2.05, 4.69) is 21.0 Å². The molecule has 1 amide bonds. The molecule has 4 rings (SSSR count). The number of nitrogens with zero attached hydrogens (tertiary/aromatic N) is 5. The average Bonchev–Trinajstić information content (AvgIpc) is 3.69. The van der Waals surface area contributed by atoms with Crippen LogP contribution in [0.15, 0.2) is 24.5 Å². The van der Waals surface area contributed by atoms with Crippen molar-refractivity contribution in [1.29, 1.82) is 5.26 Å². The van der Waals surface area contributed by atoms with Gasteiger partial charge in [-0.05, 0) is 37.7 Å². The largest absolute Gasteiger partial charge is 0.490 e. The number of nitriles is 1. The average molecular weight is 550 g/mol. The lowest BCUT2D eigenvalue weighted by Crippen LogP contribution is -2.46. The number of hydrogen-bond acceptors (Lipinski definition) is 10. The van der Waals surface area contributed by atoms with E-state index in [1.165, 1.54) is 6.07 Å². The monoisotopic (exact) mass is 549 g/mol. The molecule has 2 aromatic rings. The van der Waals surface area contributed by atoms with Crippen molar-refractivity contribution in [2.45, 2.75) is 37.9 Å². The Morgan fingerprint density at radius 1 is 1.28 bits per heavy atom. The van der Waals surface area contributed by atoms with Crippen LogP contribution in [0.5, 0.6) is 11.8 Å². The first-order chi connectivity index (χ1) is 18.7. The van der Waals surface area contributed by atoms with E-state index in [0.29, 0.717) is 43.4 Å². The van der Waals surface area contributed by atoms with E-state index in [1.54, 1.807) is 18.5 Å². The summed E-state index contributed by atoms with van der Waals surface area (Å²) in [7, 11) is 0. The number of alkyl halides is 3. The molecule has 2 aromatic heterocycles. The van der Waals surface area contributed by atoms with Gasteiger partial charge in [-0.3, -0.25) is 9.78 Å². The highest BCUT2D eigenvalue weighted by molar-refractivity contribution is 5.93. The number of halogens is 3. The summed E-state index contributed by atoms with van der Waals surface area (Å²) in [5, 5.41) is 19.9. The molecule has 0 radical (unpaired) electrons. The van der Waals surface area contributed by atoms with E-state index < -0.39 is 31.2 Å². The molecule has 11 nitrogen and oxygen atoms in total. The maximum Gasteiger partial charge on any atom is 0.408 e. The third-order valence-electron chi connectivity index (χ3n) is 6.79. The molecule has 2 aliphatic rings. The maximum absolute atomic E-state index is 13.3. The normalized spacial score (nSPS) is 20.1. The molecule has 3 atom stereocenters. The van der Waals surface area contributed by atoms with Gasteiger partial charge in [0.2, 0.25) is 0 Å². The summed E-state index contributed by atoms with van der Waals surface area (Å²) >= 11 is 0. The molecule has 1 saturated carbocycles. The fourth-order valence-electron chi connectivity index (χ4n) is 4.25. The summed E-state index contributed by atoms with van der Waals surface area (Å²) < 4.78 is 51.4. The van der Waals surface area contributed by atoms with Gasteiger partial charge in [0.25, 0.3) is 5.91 Å². The third-order valence-corrected chi connectivity index (χ3v) is 6.79. The third kappa shape index (κ3) is 7.60. The molecule has 1 aliphatic heterocycles. The van der Waals surface area contributed by atoms with Crippen LogP contribution >= 0.6 is 0 Å². The molecule has 1 saturated heterocycles. The van der Waals surface area contributed by atoms with Crippen LogP contribution < -0.4 is 25.4 Å². The Balaban J connectivity index is 1.44. The number of amides is 1. The van der Waals surface area contributed by atoms with Crippen molar-refractivity contribution in [1.82, 2.24) is 20.3 Å². The summed E-state index contributed by atoms with van der Waals surface area (Å²) in [5.74, 6) is -0.0725. The van der Waals surface area contributed by atoms with E-state index in [0.717, 1.165) is 12.8 Å². The Morgan fingerprint density at radius 3 is 2.69 bits per heavy atom. The van der Waals surface area contributed by atoms with Crippen LogP contribution in [-0.2, 0) is 0 Å². The van der Waals surface area contributed by atoms with E-state index in [9.17, 15) is 18.0 Å². The van der Waals surface area contributed by atoms with E-state index in [1.807, 2.05) is 10.2 Å². The fraction of sp³-hybridized carbons (Fsp3) is 0.560. The number of ether oxygens (including phenoxy) is 2. The smallest absolute Gasteiger partial charge is 0.408 e. The number of nitrogens with two attached hydrogens (primary N) is 1. The van der Waals surface area contributed by atoms with Crippen molar-refractivity contribution in [3.05, 3.63) is 30.2 Å². The Bertz CT molecular complexity index is 1180. The molecule has 210 valence electrons. The summed E-state index contributed by atoms with van der Waals surface area (Å²) in [5.41, 5.74) is 6.11. The highest BCUT2D eigenvalue weighted by Crippen LogP contribution is 2.38. The molecule has 4 N–H and O–H groups in total. The van der Waals surface area contributed by atoms with Crippen LogP contribution in [0.25, 0.3) is 0 Å². The molecule has 39 heavy (non-hydrogen) atoms. The van der Waals surface area contributed by atoms with Crippen LogP contribution in [0, 0.1) is 29.1 Å². The molecule has 0 aromatic carbocycles. The number of rotatable bonds is 11. The van der Waals surface area contributed by atoms with Crippen molar-refractivity contribution < 1.29 is 32.5 Å². The highest BCUT2D eigenvalue weighted by atomic mass is 19.4. The lowest BCUT2D eigenvalue weighted by atomic mass is 9.98. The standard InChI is InChI=1S/C25H30F3N7O4/c26-25(27,28)21(4-8-36)33-23(37)19-10-22(34-24(32-19)39-14-17-9-16(17)11-29)35-6-2-15(3-7-35)13-38-20-12-31-5-1-18(20)30/h1,5,10,12,15-17,21,36H,2-4,6-9,13-14H2,(H2,30,31)(H,33,37)/t16-,17?,21?/m0/s1. The molecule has 0 spiro atoms. The molecular formula is C25H30F3N7O4. The number of aliphatic hydroxyl groups excluding tert-OH is 1. The SMILES string of the molecule is N#C[C@@H]1CC1COc1nc(C(=O)NC(CCO)C(F)(F)F)cc(N2CCC(COc3cnccc3N)CC2)n1. The van der Waals surface area contributed by atoms with Crippen LogP contribution in [0.3, 0.4) is 0 Å². The van der Waals surface area contributed by atoms with E-state index >= 15 is 0 Å². The minimum Gasteiger partial charge on any atom is -0.490 e. The van der Waals surface area contributed by atoms with Crippen LogP contribution in [0.4, 0.5) is 24.7 Å². The topological polar surface area (TPSA) is 160 Å². The van der Waals surface area contributed by atoms with Crippen molar-refractivity contribution in [2.75, 3.05) is 43.5 Å².